The summed E-state index contributed by atoms with van der Waals surface area (Å²) in [4.78, 5) is 16.0. The minimum absolute atomic E-state index is 0.379. The molecule has 2 rings (SSSR count). The normalized spacial score (nSPS) is 11.6. The zero-order valence-corrected chi connectivity index (χ0v) is 10.5. The number of hydrogen-bond acceptors (Lipinski definition) is 5. The molecule has 0 spiro atoms. The number of aromatic nitrogens is 1. The lowest BCUT2D eigenvalue weighted by molar-refractivity contribution is -0.141. The van der Waals surface area contributed by atoms with E-state index in [9.17, 15) is 4.79 Å². The molecule has 1 aromatic heterocycles. The number of benzene rings is 1. The number of pyridine rings is 1. The summed E-state index contributed by atoms with van der Waals surface area (Å²) in [6.45, 7) is 0. The number of rotatable bonds is 4. The fraction of sp³-hybridized carbons (Fsp3) is 0.143. The van der Waals surface area contributed by atoms with E-state index in [1.807, 2.05) is 30.3 Å². The van der Waals surface area contributed by atoms with E-state index in [0.29, 0.717) is 11.5 Å². The van der Waals surface area contributed by atoms with Gasteiger partial charge >= 0.3 is 5.97 Å². The van der Waals surface area contributed by atoms with E-state index in [0.717, 1.165) is 5.56 Å². The zero-order valence-electron chi connectivity index (χ0n) is 10.5. The lowest BCUT2D eigenvalue weighted by Gasteiger charge is -2.17. The Bertz CT molecular complexity index is 558. The van der Waals surface area contributed by atoms with Crippen molar-refractivity contribution in [2.75, 3.05) is 18.2 Å². The van der Waals surface area contributed by atoms with E-state index < -0.39 is 6.04 Å². The minimum atomic E-state index is -0.611. The number of hydrogen-bond donors (Lipinski definition) is 2. The maximum Gasteiger partial charge on any atom is 0.333 e. The van der Waals surface area contributed by atoms with Crippen LogP contribution >= 0.6 is 0 Å². The summed E-state index contributed by atoms with van der Waals surface area (Å²) in [6.07, 6.45) is 1.58. The first kappa shape index (κ1) is 12.9. The van der Waals surface area contributed by atoms with Gasteiger partial charge in [-0.3, -0.25) is 0 Å². The van der Waals surface area contributed by atoms with Crippen molar-refractivity contribution in [3.05, 3.63) is 54.2 Å². The van der Waals surface area contributed by atoms with E-state index >= 15 is 0 Å². The van der Waals surface area contributed by atoms with Crippen LogP contribution in [0, 0.1) is 0 Å². The van der Waals surface area contributed by atoms with Crippen molar-refractivity contribution in [2.45, 2.75) is 6.04 Å². The molecular weight excluding hydrogens is 242 g/mol. The van der Waals surface area contributed by atoms with Gasteiger partial charge in [-0.2, -0.15) is 0 Å². The third-order valence-electron chi connectivity index (χ3n) is 2.65. The van der Waals surface area contributed by atoms with Crippen LogP contribution in [0.1, 0.15) is 11.6 Å². The van der Waals surface area contributed by atoms with Gasteiger partial charge in [-0.05, 0) is 11.6 Å². The van der Waals surface area contributed by atoms with Gasteiger partial charge < -0.3 is 15.8 Å². The Labute approximate surface area is 111 Å². The molecule has 0 aliphatic heterocycles. The van der Waals surface area contributed by atoms with Crippen molar-refractivity contribution < 1.29 is 9.53 Å². The SMILES string of the molecule is COC(=O)C(Nc1cc(N)ccn1)c1ccccc1. The van der Waals surface area contributed by atoms with Gasteiger partial charge in [0.25, 0.3) is 0 Å². The largest absolute Gasteiger partial charge is 0.467 e. The van der Waals surface area contributed by atoms with E-state index in [1.54, 1.807) is 18.3 Å². The standard InChI is InChI=1S/C14H15N3O2/c1-19-14(18)13(10-5-3-2-4-6-10)17-12-9-11(15)7-8-16-12/h2-9,13H,1H3,(H3,15,16,17). The fourth-order valence-electron chi connectivity index (χ4n) is 1.72. The Kier molecular flexibility index (Phi) is 3.97. The quantitative estimate of drug-likeness (QED) is 0.819. The van der Waals surface area contributed by atoms with Crippen LogP contribution < -0.4 is 11.1 Å². The van der Waals surface area contributed by atoms with Gasteiger partial charge in [0, 0.05) is 18.0 Å². The predicted octanol–water partition coefficient (Wildman–Crippen LogP) is 1.99. The highest BCUT2D eigenvalue weighted by Gasteiger charge is 2.21. The third-order valence-corrected chi connectivity index (χ3v) is 2.65. The second-order valence-electron chi connectivity index (χ2n) is 3.99. The van der Waals surface area contributed by atoms with Gasteiger partial charge in [0.15, 0.2) is 6.04 Å². The summed E-state index contributed by atoms with van der Waals surface area (Å²) >= 11 is 0. The van der Waals surface area contributed by atoms with Crippen molar-refractivity contribution in [3.8, 4) is 0 Å². The minimum Gasteiger partial charge on any atom is -0.467 e. The Hall–Kier alpha value is -2.56. The van der Waals surface area contributed by atoms with Gasteiger partial charge in [-0.1, -0.05) is 30.3 Å². The van der Waals surface area contributed by atoms with Crippen LogP contribution in [0.2, 0.25) is 0 Å². The Balaban J connectivity index is 2.27. The van der Waals surface area contributed by atoms with Crippen molar-refractivity contribution in [1.29, 1.82) is 0 Å². The van der Waals surface area contributed by atoms with E-state index in [4.69, 9.17) is 10.5 Å². The summed E-state index contributed by atoms with van der Waals surface area (Å²) in [5.41, 5.74) is 7.07. The topological polar surface area (TPSA) is 77.2 Å². The number of nitrogen functional groups attached to an aromatic ring is 1. The summed E-state index contributed by atoms with van der Waals surface area (Å²) < 4.78 is 4.81. The number of carbonyl (C=O) groups excluding carboxylic acids is 1. The first-order valence-corrected chi connectivity index (χ1v) is 5.81. The first-order valence-electron chi connectivity index (χ1n) is 5.81. The third kappa shape index (κ3) is 3.22. The Morgan fingerprint density at radius 2 is 2.05 bits per heavy atom. The highest BCUT2D eigenvalue weighted by atomic mass is 16.5. The number of methoxy groups -OCH3 is 1. The molecule has 1 aromatic carbocycles. The second kappa shape index (κ2) is 5.86. The summed E-state index contributed by atoms with van der Waals surface area (Å²) in [6, 6.07) is 12.0. The molecule has 5 heteroatoms. The monoisotopic (exact) mass is 257 g/mol. The number of carbonyl (C=O) groups is 1. The van der Waals surface area contributed by atoms with E-state index in [-0.39, 0.29) is 5.97 Å². The van der Waals surface area contributed by atoms with Crippen LogP contribution in [0.5, 0.6) is 0 Å². The Morgan fingerprint density at radius 1 is 1.32 bits per heavy atom. The molecule has 0 radical (unpaired) electrons. The number of esters is 1. The summed E-state index contributed by atoms with van der Waals surface area (Å²) in [7, 11) is 1.35. The molecule has 1 heterocycles. The lowest BCUT2D eigenvalue weighted by Crippen LogP contribution is -2.22. The maximum atomic E-state index is 11.9. The number of anilines is 2. The van der Waals surface area contributed by atoms with Crippen LogP contribution in [-0.2, 0) is 9.53 Å². The molecular formula is C14H15N3O2. The first-order chi connectivity index (χ1) is 9.20. The van der Waals surface area contributed by atoms with Crippen molar-refractivity contribution in [1.82, 2.24) is 4.98 Å². The van der Waals surface area contributed by atoms with Gasteiger partial charge in [0.05, 0.1) is 7.11 Å². The van der Waals surface area contributed by atoms with Gasteiger partial charge in [-0.15, -0.1) is 0 Å². The van der Waals surface area contributed by atoms with Gasteiger partial charge in [-0.25, -0.2) is 9.78 Å². The molecule has 0 fully saturated rings. The molecule has 5 nitrogen and oxygen atoms in total. The maximum absolute atomic E-state index is 11.9. The number of ether oxygens (including phenoxy) is 1. The van der Waals surface area contributed by atoms with Crippen molar-refractivity contribution >= 4 is 17.5 Å². The molecule has 0 saturated carbocycles. The molecule has 0 amide bonds. The molecule has 19 heavy (non-hydrogen) atoms. The fourth-order valence-corrected chi connectivity index (χ4v) is 1.72. The smallest absolute Gasteiger partial charge is 0.333 e. The van der Waals surface area contributed by atoms with Gasteiger partial charge in [0.1, 0.15) is 5.82 Å². The van der Waals surface area contributed by atoms with Crippen LogP contribution in [0.4, 0.5) is 11.5 Å². The average molecular weight is 257 g/mol. The lowest BCUT2D eigenvalue weighted by atomic mass is 10.1. The molecule has 0 aliphatic carbocycles. The van der Waals surface area contributed by atoms with Crippen LogP contribution in [0.25, 0.3) is 0 Å². The number of nitrogens with zero attached hydrogens (tertiary/aromatic N) is 1. The molecule has 2 aromatic rings. The molecule has 0 saturated heterocycles. The molecule has 98 valence electrons. The summed E-state index contributed by atoms with van der Waals surface area (Å²) in [5.74, 6) is 0.148. The molecule has 1 unspecified atom stereocenters. The Morgan fingerprint density at radius 3 is 2.68 bits per heavy atom. The van der Waals surface area contributed by atoms with Gasteiger partial charge in [0.2, 0.25) is 0 Å². The summed E-state index contributed by atoms with van der Waals surface area (Å²) in [5, 5.41) is 3.02. The molecule has 0 aliphatic rings. The highest BCUT2D eigenvalue weighted by molar-refractivity contribution is 5.80. The molecule has 0 bridgehead atoms. The molecule has 3 N–H and O–H groups in total. The predicted molar refractivity (Wildman–Crippen MR) is 73.5 cm³/mol. The number of nitrogens with one attached hydrogen (secondary N) is 1. The van der Waals surface area contributed by atoms with Crippen LogP contribution in [-0.4, -0.2) is 18.1 Å². The average Bonchev–Trinajstić information content (AvgIpc) is 2.45. The molecule has 1 atom stereocenters. The van der Waals surface area contributed by atoms with Crippen LogP contribution in [0.15, 0.2) is 48.7 Å². The van der Waals surface area contributed by atoms with E-state index in [2.05, 4.69) is 10.3 Å². The van der Waals surface area contributed by atoms with Crippen LogP contribution in [0.3, 0.4) is 0 Å². The van der Waals surface area contributed by atoms with Crippen molar-refractivity contribution in [2.24, 2.45) is 0 Å². The highest BCUT2D eigenvalue weighted by Crippen LogP contribution is 2.20. The number of nitrogens with two attached hydrogens (primary N) is 1. The van der Waals surface area contributed by atoms with Crippen molar-refractivity contribution in [3.63, 3.8) is 0 Å². The zero-order chi connectivity index (χ0) is 13.7. The van der Waals surface area contributed by atoms with E-state index in [1.165, 1.54) is 7.11 Å². The second-order valence-corrected chi connectivity index (χ2v) is 3.99.